The molecule has 0 amide bonds. The van der Waals surface area contributed by atoms with Crippen LogP contribution in [0.25, 0.3) is 0 Å². The molecule has 2 atom stereocenters. The molecular weight excluding hydrogens is 378 g/mol. The Balaban J connectivity index is 1.52. The third kappa shape index (κ3) is 7.54. The molecule has 0 bridgehead atoms. The second-order valence-corrected chi connectivity index (χ2v) is 8.31. The number of nitrogens with zero attached hydrogens (tertiary/aromatic N) is 3. The number of hydrogen-bond donors (Lipinski definition) is 2. The number of ether oxygens (including phenoxy) is 2. The minimum Gasteiger partial charge on any atom is -0.379 e. The van der Waals surface area contributed by atoms with Crippen LogP contribution >= 0.6 is 0 Å². The maximum absolute atomic E-state index is 5.65. The third-order valence-electron chi connectivity index (χ3n) is 5.72. The second kappa shape index (κ2) is 12.2. The van der Waals surface area contributed by atoms with Crippen LogP contribution in [0.1, 0.15) is 31.9 Å². The van der Waals surface area contributed by atoms with E-state index in [4.69, 9.17) is 14.5 Å². The van der Waals surface area contributed by atoms with Gasteiger partial charge >= 0.3 is 0 Å². The largest absolute Gasteiger partial charge is 0.379 e. The maximum atomic E-state index is 5.65. The summed E-state index contributed by atoms with van der Waals surface area (Å²) in [4.78, 5) is 9.75. The predicted octanol–water partition coefficient (Wildman–Crippen LogP) is 1.68. The molecule has 1 aromatic carbocycles. The normalized spacial score (nSPS) is 22.6. The topological polar surface area (TPSA) is 61.4 Å². The molecule has 0 aromatic heterocycles. The number of nitrogens with one attached hydrogen (secondary N) is 2. The summed E-state index contributed by atoms with van der Waals surface area (Å²) in [6, 6.07) is 9.25. The zero-order valence-corrected chi connectivity index (χ0v) is 18.9. The summed E-state index contributed by atoms with van der Waals surface area (Å²) in [5, 5.41) is 6.88. The van der Waals surface area contributed by atoms with Crippen molar-refractivity contribution in [3.63, 3.8) is 0 Å². The van der Waals surface area contributed by atoms with Gasteiger partial charge in [0, 0.05) is 51.9 Å². The first kappa shape index (κ1) is 23.0. The van der Waals surface area contributed by atoms with Gasteiger partial charge in [-0.3, -0.25) is 9.80 Å². The van der Waals surface area contributed by atoms with Crippen molar-refractivity contribution >= 4 is 5.96 Å². The fourth-order valence-corrected chi connectivity index (χ4v) is 4.02. The molecule has 0 saturated carbocycles. The number of aliphatic imine (C=N–C) groups is 1. The Morgan fingerprint density at radius 2 is 1.97 bits per heavy atom. The van der Waals surface area contributed by atoms with Crippen LogP contribution in [-0.4, -0.2) is 87.0 Å². The van der Waals surface area contributed by atoms with Gasteiger partial charge in [0.1, 0.15) is 0 Å². The van der Waals surface area contributed by atoms with Gasteiger partial charge in [0.05, 0.1) is 32.5 Å². The van der Waals surface area contributed by atoms with Crippen LogP contribution < -0.4 is 10.6 Å². The highest BCUT2D eigenvalue weighted by molar-refractivity contribution is 5.79. The van der Waals surface area contributed by atoms with E-state index in [2.05, 4.69) is 65.5 Å². The summed E-state index contributed by atoms with van der Waals surface area (Å²) in [6.07, 6.45) is 0.320. The lowest BCUT2D eigenvalue weighted by molar-refractivity contribution is -0.0212. The third-order valence-corrected chi connectivity index (χ3v) is 5.72. The second-order valence-electron chi connectivity index (χ2n) is 8.31. The molecule has 2 saturated heterocycles. The number of guanidine groups is 1. The fourth-order valence-electron chi connectivity index (χ4n) is 4.02. The van der Waals surface area contributed by atoms with E-state index in [0.29, 0.717) is 18.7 Å². The first-order chi connectivity index (χ1) is 14.6. The molecule has 0 aliphatic carbocycles. The van der Waals surface area contributed by atoms with E-state index in [1.807, 2.05) is 0 Å². The van der Waals surface area contributed by atoms with E-state index in [1.165, 1.54) is 11.1 Å². The Bertz CT molecular complexity index is 663. The van der Waals surface area contributed by atoms with Gasteiger partial charge < -0.3 is 20.1 Å². The van der Waals surface area contributed by atoms with E-state index < -0.39 is 0 Å². The van der Waals surface area contributed by atoms with E-state index in [0.717, 1.165) is 71.6 Å². The molecule has 2 N–H and O–H groups in total. The zero-order chi connectivity index (χ0) is 21.2. The van der Waals surface area contributed by atoms with Crippen molar-refractivity contribution in [3.8, 4) is 0 Å². The molecule has 3 rings (SSSR count). The lowest BCUT2D eigenvalue weighted by Crippen LogP contribution is -2.49. The first-order valence-corrected chi connectivity index (χ1v) is 11.4. The molecule has 7 heteroatoms. The van der Waals surface area contributed by atoms with Crippen molar-refractivity contribution < 1.29 is 9.47 Å². The molecule has 2 aliphatic heterocycles. The Kier molecular flexibility index (Phi) is 9.39. The number of benzene rings is 1. The van der Waals surface area contributed by atoms with E-state index in [9.17, 15) is 0 Å². The lowest BCUT2D eigenvalue weighted by Gasteiger charge is -2.32. The van der Waals surface area contributed by atoms with E-state index >= 15 is 0 Å². The monoisotopic (exact) mass is 417 g/mol. The van der Waals surface area contributed by atoms with Crippen LogP contribution in [0.4, 0.5) is 0 Å². The SMILES string of the molecule is CCNC(=NCc1cccc(CN2CCOC(C)C2)c1)NCC(C)N1CCOCC1. The first-order valence-electron chi connectivity index (χ1n) is 11.4. The summed E-state index contributed by atoms with van der Waals surface area (Å²) in [5.74, 6) is 0.880. The van der Waals surface area contributed by atoms with Crippen molar-refractivity contribution in [1.29, 1.82) is 0 Å². The lowest BCUT2D eigenvalue weighted by atomic mass is 10.1. The quantitative estimate of drug-likeness (QED) is 0.496. The summed E-state index contributed by atoms with van der Waals surface area (Å²) in [5.41, 5.74) is 2.59. The summed E-state index contributed by atoms with van der Waals surface area (Å²) < 4.78 is 11.1. The van der Waals surface area contributed by atoms with Gasteiger partial charge in [-0.05, 0) is 31.9 Å². The molecule has 2 fully saturated rings. The minimum absolute atomic E-state index is 0.320. The van der Waals surface area contributed by atoms with Gasteiger partial charge in [-0.15, -0.1) is 0 Å². The molecule has 2 unspecified atom stereocenters. The van der Waals surface area contributed by atoms with E-state index in [-0.39, 0.29) is 0 Å². The highest BCUT2D eigenvalue weighted by atomic mass is 16.5. The molecule has 168 valence electrons. The Morgan fingerprint density at radius 3 is 2.73 bits per heavy atom. The standard InChI is InChI=1S/C23H39N5O2/c1-4-24-23(25-15-19(2)28-9-11-29-12-10-28)26-16-21-6-5-7-22(14-21)18-27-8-13-30-20(3)17-27/h5-7,14,19-20H,4,8-13,15-18H2,1-3H3,(H2,24,25,26). The molecular formula is C23H39N5O2. The highest BCUT2D eigenvalue weighted by Gasteiger charge is 2.18. The maximum Gasteiger partial charge on any atom is 0.191 e. The summed E-state index contributed by atoms with van der Waals surface area (Å²) >= 11 is 0. The average molecular weight is 418 g/mol. The fraction of sp³-hybridized carbons (Fsp3) is 0.696. The van der Waals surface area contributed by atoms with Crippen LogP contribution in [-0.2, 0) is 22.6 Å². The van der Waals surface area contributed by atoms with Crippen LogP contribution in [0, 0.1) is 0 Å². The van der Waals surface area contributed by atoms with Crippen LogP contribution in [0.15, 0.2) is 29.3 Å². The van der Waals surface area contributed by atoms with Gasteiger partial charge in [-0.25, -0.2) is 4.99 Å². The van der Waals surface area contributed by atoms with Crippen LogP contribution in [0.5, 0.6) is 0 Å². The number of hydrogen-bond acceptors (Lipinski definition) is 5. The Morgan fingerprint density at radius 1 is 1.17 bits per heavy atom. The Hall–Kier alpha value is -1.67. The molecule has 2 aliphatic rings. The average Bonchev–Trinajstić information content (AvgIpc) is 2.76. The van der Waals surface area contributed by atoms with Crippen LogP contribution in [0.2, 0.25) is 0 Å². The Labute approximate surface area is 181 Å². The molecule has 7 nitrogen and oxygen atoms in total. The van der Waals surface area contributed by atoms with Gasteiger partial charge in [0.15, 0.2) is 5.96 Å². The summed E-state index contributed by atoms with van der Waals surface area (Å²) in [7, 11) is 0. The van der Waals surface area contributed by atoms with Crippen molar-refractivity contribution in [2.75, 3.05) is 59.1 Å². The molecule has 0 spiro atoms. The van der Waals surface area contributed by atoms with Crippen molar-refractivity contribution in [2.24, 2.45) is 4.99 Å². The minimum atomic E-state index is 0.320. The molecule has 0 radical (unpaired) electrons. The molecule has 30 heavy (non-hydrogen) atoms. The van der Waals surface area contributed by atoms with Gasteiger partial charge in [0.25, 0.3) is 0 Å². The summed E-state index contributed by atoms with van der Waals surface area (Å²) in [6.45, 7) is 16.4. The number of morpholine rings is 2. The van der Waals surface area contributed by atoms with Crippen LogP contribution in [0.3, 0.4) is 0 Å². The number of rotatable bonds is 8. The van der Waals surface area contributed by atoms with Crippen molar-refractivity contribution in [2.45, 2.75) is 46.0 Å². The highest BCUT2D eigenvalue weighted by Crippen LogP contribution is 2.13. The predicted molar refractivity (Wildman–Crippen MR) is 122 cm³/mol. The smallest absolute Gasteiger partial charge is 0.191 e. The van der Waals surface area contributed by atoms with Gasteiger partial charge in [-0.2, -0.15) is 0 Å². The van der Waals surface area contributed by atoms with Crippen molar-refractivity contribution in [3.05, 3.63) is 35.4 Å². The molecule has 2 heterocycles. The van der Waals surface area contributed by atoms with Gasteiger partial charge in [0.2, 0.25) is 0 Å². The van der Waals surface area contributed by atoms with E-state index in [1.54, 1.807) is 0 Å². The van der Waals surface area contributed by atoms with Gasteiger partial charge in [-0.1, -0.05) is 24.3 Å². The zero-order valence-electron chi connectivity index (χ0n) is 18.9. The van der Waals surface area contributed by atoms with Crippen molar-refractivity contribution in [1.82, 2.24) is 20.4 Å². The molecule has 1 aromatic rings.